The number of aryl methyl sites for hydroxylation is 2. The quantitative estimate of drug-likeness (QED) is 0.446. The molecule has 10 heteroatoms. The fraction of sp³-hybridized carbons (Fsp3) is 0.375. The molecule has 3 N–H and O–H groups in total. The molecule has 0 radical (unpaired) electrons. The summed E-state index contributed by atoms with van der Waals surface area (Å²) in [6.45, 7) is 9.93. The monoisotopic (exact) mass is 586 g/mol. The maximum atomic E-state index is 13.7. The van der Waals surface area contributed by atoms with Gasteiger partial charge >= 0.3 is 0 Å². The maximum absolute atomic E-state index is 13.7. The zero-order valence-electron chi connectivity index (χ0n) is 24.4. The van der Waals surface area contributed by atoms with E-state index in [1.54, 1.807) is 18.2 Å². The lowest BCUT2D eigenvalue weighted by Gasteiger charge is -2.39. The molecule has 0 bridgehead atoms. The second kappa shape index (κ2) is 12.0. The van der Waals surface area contributed by atoms with Crippen LogP contribution < -0.4 is 20.3 Å². The van der Waals surface area contributed by atoms with Gasteiger partial charge in [0.25, 0.3) is 5.91 Å². The summed E-state index contributed by atoms with van der Waals surface area (Å²) in [6, 6.07) is 21.1. The highest BCUT2D eigenvalue weighted by molar-refractivity contribution is 7.89. The SMILES string of the molecule is Cc1cc(C)c(C(=O)N2CCN(c3ccccc3S(N)(=O)=O)CC2)cc1N[C@@H]1CCN(c2ccccc2C#N)C[C@@H]1C. The van der Waals surface area contributed by atoms with Crippen LogP contribution in [0.4, 0.5) is 17.1 Å². The Morgan fingerprint density at radius 3 is 2.26 bits per heavy atom. The van der Waals surface area contributed by atoms with E-state index in [0.29, 0.717) is 48.9 Å². The molecule has 2 saturated heterocycles. The van der Waals surface area contributed by atoms with E-state index in [1.807, 2.05) is 47.1 Å². The summed E-state index contributed by atoms with van der Waals surface area (Å²) in [5.41, 5.74) is 5.92. The van der Waals surface area contributed by atoms with Gasteiger partial charge in [0, 0.05) is 56.6 Å². The number of benzene rings is 3. The number of nitrogens with one attached hydrogen (secondary N) is 1. The highest BCUT2D eigenvalue weighted by Crippen LogP contribution is 2.31. The lowest BCUT2D eigenvalue weighted by Crippen LogP contribution is -2.49. The van der Waals surface area contributed by atoms with Crippen LogP contribution in [0.15, 0.2) is 65.6 Å². The van der Waals surface area contributed by atoms with E-state index in [1.165, 1.54) is 6.07 Å². The van der Waals surface area contributed by atoms with E-state index in [4.69, 9.17) is 5.14 Å². The van der Waals surface area contributed by atoms with Crippen molar-refractivity contribution in [2.45, 2.75) is 38.1 Å². The van der Waals surface area contributed by atoms with E-state index in [0.717, 1.165) is 42.0 Å². The smallest absolute Gasteiger partial charge is 0.254 e. The van der Waals surface area contributed by atoms with Crippen LogP contribution in [-0.2, 0) is 10.0 Å². The second-order valence-corrected chi connectivity index (χ2v) is 12.9. The third kappa shape index (κ3) is 6.08. The predicted octanol–water partition coefficient (Wildman–Crippen LogP) is 4.11. The van der Waals surface area contributed by atoms with E-state index < -0.39 is 10.0 Å². The van der Waals surface area contributed by atoms with Crippen molar-refractivity contribution in [2.24, 2.45) is 11.1 Å². The van der Waals surface area contributed by atoms with Gasteiger partial charge in [-0.2, -0.15) is 5.26 Å². The topological polar surface area (TPSA) is 123 Å². The molecule has 0 spiro atoms. The third-order valence-corrected chi connectivity index (χ3v) is 9.45. The molecule has 9 nitrogen and oxygen atoms in total. The summed E-state index contributed by atoms with van der Waals surface area (Å²) in [4.78, 5) is 19.9. The summed E-state index contributed by atoms with van der Waals surface area (Å²) in [6.07, 6.45) is 0.916. The van der Waals surface area contributed by atoms with Gasteiger partial charge in [-0.1, -0.05) is 37.3 Å². The minimum Gasteiger partial charge on any atom is -0.382 e. The largest absolute Gasteiger partial charge is 0.382 e. The Bertz CT molecular complexity index is 1630. The van der Waals surface area contributed by atoms with Crippen molar-refractivity contribution in [3.63, 3.8) is 0 Å². The summed E-state index contributed by atoms with van der Waals surface area (Å²) < 4.78 is 24.2. The predicted molar refractivity (Wildman–Crippen MR) is 166 cm³/mol. The summed E-state index contributed by atoms with van der Waals surface area (Å²) >= 11 is 0. The molecule has 5 rings (SSSR count). The van der Waals surface area contributed by atoms with E-state index in [9.17, 15) is 18.5 Å². The number of piperazine rings is 1. The van der Waals surface area contributed by atoms with Crippen molar-refractivity contribution < 1.29 is 13.2 Å². The number of rotatable bonds is 6. The van der Waals surface area contributed by atoms with Crippen molar-refractivity contribution in [1.29, 1.82) is 5.26 Å². The van der Waals surface area contributed by atoms with Crippen LogP contribution in [0.25, 0.3) is 0 Å². The molecular formula is C32H38N6O3S. The molecule has 0 unspecified atom stereocenters. The molecule has 42 heavy (non-hydrogen) atoms. The lowest BCUT2D eigenvalue weighted by atomic mass is 9.92. The Kier molecular flexibility index (Phi) is 8.43. The Morgan fingerprint density at radius 2 is 1.60 bits per heavy atom. The molecule has 0 saturated carbocycles. The highest BCUT2D eigenvalue weighted by Gasteiger charge is 2.29. The molecule has 1 amide bonds. The summed E-state index contributed by atoms with van der Waals surface area (Å²) in [5.74, 6) is 0.310. The normalized spacial score (nSPS) is 19.4. The number of nitrogens with two attached hydrogens (primary N) is 1. The Balaban J connectivity index is 1.26. The lowest BCUT2D eigenvalue weighted by molar-refractivity contribution is 0.0746. The Hall–Kier alpha value is -4.07. The van der Waals surface area contributed by atoms with Gasteiger partial charge in [-0.05, 0) is 67.6 Å². The molecule has 2 aliphatic rings. The second-order valence-electron chi connectivity index (χ2n) is 11.4. The van der Waals surface area contributed by atoms with Crippen LogP contribution in [0.2, 0.25) is 0 Å². The number of carbonyl (C=O) groups is 1. The Labute approximate surface area is 248 Å². The first-order valence-electron chi connectivity index (χ1n) is 14.3. The van der Waals surface area contributed by atoms with Gasteiger partial charge in [0.05, 0.1) is 16.9 Å². The fourth-order valence-electron chi connectivity index (χ4n) is 6.14. The molecule has 3 aromatic rings. The van der Waals surface area contributed by atoms with Gasteiger partial charge in [0.15, 0.2) is 0 Å². The first-order chi connectivity index (χ1) is 20.1. The van der Waals surface area contributed by atoms with E-state index in [-0.39, 0.29) is 16.8 Å². The first-order valence-corrected chi connectivity index (χ1v) is 15.9. The number of hydrogen-bond donors (Lipinski definition) is 2. The van der Waals surface area contributed by atoms with Crippen LogP contribution in [0.5, 0.6) is 0 Å². The number of nitriles is 1. The number of anilines is 3. The van der Waals surface area contributed by atoms with Gasteiger partial charge in [0.1, 0.15) is 11.0 Å². The number of sulfonamides is 1. The minimum atomic E-state index is -3.85. The molecule has 2 atom stereocenters. The van der Waals surface area contributed by atoms with Gasteiger partial charge in [0.2, 0.25) is 10.0 Å². The fourth-order valence-corrected chi connectivity index (χ4v) is 6.90. The number of hydrogen-bond acceptors (Lipinski definition) is 7. The summed E-state index contributed by atoms with van der Waals surface area (Å²) in [7, 11) is -3.85. The number of primary sulfonamides is 1. The molecule has 220 valence electrons. The molecule has 2 fully saturated rings. The first kappa shape index (κ1) is 29.4. The van der Waals surface area contributed by atoms with Crippen molar-refractivity contribution in [3.8, 4) is 6.07 Å². The van der Waals surface area contributed by atoms with Crippen LogP contribution >= 0.6 is 0 Å². The van der Waals surface area contributed by atoms with Crippen molar-refractivity contribution in [1.82, 2.24) is 4.90 Å². The highest BCUT2D eigenvalue weighted by atomic mass is 32.2. The number of amides is 1. The third-order valence-electron chi connectivity index (χ3n) is 8.49. The molecule has 0 aliphatic carbocycles. The molecule has 0 aromatic heterocycles. The number of nitrogens with zero attached hydrogens (tertiary/aromatic N) is 4. The van der Waals surface area contributed by atoms with Crippen LogP contribution in [0.1, 0.15) is 40.4 Å². The molecule has 3 aromatic carbocycles. The van der Waals surface area contributed by atoms with Crippen LogP contribution in [0.3, 0.4) is 0 Å². The Morgan fingerprint density at radius 1 is 0.929 bits per heavy atom. The zero-order valence-corrected chi connectivity index (χ0v) is 25.2. The van der Waals surface area contributed by atoms with Crippen molar-refractivity contribution >= 4 is 33.0 Å². The number of carbonyl (C=O) groups excluding carboxylic acids is 1. The number of piperidine rings is 1. The average molecular weight is 587 g/mol. The van der Waals surface area contributed by atoms with Gasteiger partial charge in [-0.3, -0.25) is 4.79 Å². The standard InChI is InChI=1S/C32H38N6O3S/c1-22-18-23(2)28(35-27-12-13-38(21-24(27)3)29-9-5-4-8-25(29)20-33)19-26(22)32(39)37-16-14-36(15-17-37)30-10-6-7-11-31(30)42(34,40)41/h4-11,18-19,24,27,35H,12-17,21H2,1-3H3,(H2,34,40,41)/t24-,27+/m0/s1. The van der Waals surface area contributed by atoms with E-state index in [2.05, 4.69) is 36.2 Å². The van der Waals surface area contributed by atoms with Crippen molar-refractivity contribution in [3.05, 3.63) is 82.9 Å². The van der Waals surface area contributed by atoms with Crippen LogP contribution in [-0.4, -0.2) is 64.5 Å². The van der Waals surface area contributed by atoms with Gasteiger partial charge < -0.3 is 20.0 Å². The summed E-state index contributed by atoms with van der Waals surface area (Å²) in [5, 5.41) is 18.7. The minimum absolute atomic E-state index is 0.0223. The molecular weight excluding hydrogens is 548 g/mol. The average Bonchev–Trinajstić information content (AvgIpc) is 2.98. The maximum Gasteiger partial charge on any atom is 0.254 e. The number of para-hydroxylation sites is 2. The molecule has 2 heterocycles. The van der Waals surface area contributed by atoms with E-state index >= 15 is 0 Å². The van der Waals surface area contributed by atoms with Gasteiger partial charge in [-0.25, -0.2) is 13.6 Å². The van der Waals surface area contributed by atoms with Gasteiger partial charge in [-0.15, -0.1) is 0 Å². The van der Waals surface area contributed by atoms with Crippen LogP contribution in [0, 0.1) is 31.1 Å². The molecule has 2 aliphatic heterocycles. The zero-order chi connectivity index (χ0) is 30.0. The van der Waals surface area contributed by atoms with Crippen molar-refractivity contribution in [2.75, 3.05) is 54.4 Å².